The number of hydrogen-bond donors (Lipinski definition) is 0. The van der Waals surface area contributed by atoms with E-state index in [0.717, 1.165) is 11.5 Å². The Balaban J connectivity index is 1.98. The highest BCUT2D eigenvalue weighted by Gasteiger charge is 2.23. The molecule has 5 heteroatoms. The molecule has 0 bridgehead atoms. The van der Waals surface area contributed by atoms with Crippen molar-refractivity contribution in [2.45, 2.75) is 18.8 Å². The molecule has 18 heavy (non-hydrogen) atoms. The average molecular weight is 344 g/mol. The van der Waals surface area contributed by atoms with Gasteiger partial charge in [-0.3, -0.25) is 0 Å². The molecule has 0 saturated heterocycles. The molecular weight excluding hydrogens is 335 g/mol. The van der Waals surface area contributed by atoms with Crippen molar-refractivity contribution in [3.05, 3.63) is 44.6 Å². The third-order valence-electron chi connectivity index (χ3n) is 2.99. The summed E-state index contributed by atoms with van der Waals surface area (Å²) in [6, 6.07) is 8.29. The van der Waals surface area contributed by atoms with Gasteiger partial charge in [-0.2, -0.15) is 0 Å². The van der Waals surface area contributed by atoms with Crippen molar-refractivity contribution in [2.75, 3.05) is 0 Å². The number of halogens is 3. The molecule has 3 rings (SSSR count). The molecule has 0 amide bonds. The van der Waals surface area contributed by atoms with Crippen molar-refractivity contribution < 1.29 is 0 Å². The van der Waals surface area contributed by atoms with Gasteiger partial charge in [0.15, 0.2) is 5.82 Å². The van der Waals surface area contributed by atoms with Crippen LogP contribution in [-0.2, 0) is 0 Å². The van der Waals surface area contributed by atoms with E-state index in [9.17, 15) is 0 Å². The molecule has 1 saturated carbocycles. The van der Waals surface area contributed by atoms with E-state index >= 15 is 0 Å². The first-order chi connectivity index (χ1) is 8.65. The fourth-order valence-electron chi connectivity index (χ4n) is 1.84. The van der Waals surface area contributed by atoms with Crippen molar-refractivity contribution in [1.82, 2.24) is 9.97 Å². The summed E-state index contributed by atoms with van der Waals surface area (Å²) < 4.78 is 0.532. The minimum atomic E-state index is 0.330. The van der Waals surface area contributed by atoms with E-state index in [1.807, 2.05) is 12.1 Å². The zero-order valence-corrected chi connectivity index (χ0v) is 12.4. The largest absolute Gasteiger partial charge is 0.215 e. The number of nitrogens with zero attached hydrogens (tertiary/aromatic N) is 2. The lowest BCUT2D eigenvalue weighted by Crippen LogP contribution is -1.92. The second kappa shape index (κ2) is 4.80. The highest BCUT2D eigenvalue weighted by Crippen LogP contribution is 2.40. The van der Waals surface area contributed by atoms with Crippen LogP contribution >= 0.6 is 39.1 Å². The predicted molar refractivity (Wildman–Crippen MR) is 77.2 cm³/mol. The van der Waals surface area contributed by atoms with E-state index in [2.05, 4.69) is 38.0 Å². The summed E-state index contributed by atoms with van der Waals surface area (Å²) in [6.45, 7) is 0. The van der Waals surface area contributed by atoms with Crippen LogP contribution in [0.25, 0.3) is 11.4 Å². The summed E-state index contributed by atoms with van der Waals surface area (Å²) in [5.41, 5.74) is 2.31. The first-order valence-corrected chi connectivity index (χ1v) is 7.19. The van der Waals surface area contributed by atoms with Gasteiger partial charge in [-0.25, -0.2) is 9.97 Å². The van der Waals surface area contributed by atoms with Crippen molar-refractivity contribution in [3.63, 3.8) is 0 Å². The van der Waals surface area contributed by atoms with E-state index < -0.39 is 0 Å². The van der Waals surface area contributed by atoms with E-state index in [4.69, 9.17) is 23.2 Å². The molecule has 0 radical (unpaired) electrons. The number of benzene rings is 1. The van der Waals surface area contributed by atoms with Gasteiger partial charge in [0.05, 0.1) is 4.47 Å². The van der Waals surface area contributed by atoms with Crippen LogP contribution < -0.4 is 0 Å². The SMILES string of the molecule is Clc1nc(-c2ccc(C3CC3)cc2)nc(Cl)c1Br. The molecule has 2 nitrogen and oxygen atoms in total. The van der Waals surface area contributed by atoms with E-state index in [-0.39, 0.29) is 0 Å². The van der Waals surface area contributed by atoms with Crippen LogP contribution in [0.2, 0.25) is 10.3 Å². The molecule has 0 unspecified atom stereocenters. The van der Waals surface area contributed by atoms with Crippen LogP contribution in [0.3, 0.4) is 0 Å². The van der Waals surface area contributed by atoms with E-state index in [1.54, 1.807) is 0 Å². The van der Waals surface area contributed by atoms with Gasteiger partial charge in [0.1, 0.15) is 10.3 Å². The Morgan fingerprint density at radius 2 is 1.56 bits per heavy atom. The zero-order valence-electron chi connectivity index (χ0n) is 9.33. The smallest absolute Gasteiger partial charge is 0.162 e. The number of aromatic nitrogens is 2. The number of rotatable bonds is 2. The van der Waals surface area contributed by atoms with Gasteiger partial charge in [0.25, 0.3) is 0 Å². The molecule has 2 aromatic rings. The Bertz CT molecular complexity index is 571. The maximum absolute atomic E-state index is 5.98. The summed E-state index contributed by atoms with van der Waals surface area (Å²) in [4.78, 5) is 8.43. The summed E-state index contributed by atoms with van der Waals surface area (Å²) in [6.07, 6.45) is 2.59. The standard InChI is InChI=1S/C13H9BrCl2N2/c14-10-11(15)17-13(18-12(10)16)9-5-3-8(4-6-9)7-1-2-7/h3-7H,1-2H2. The molecule has 0 aliphatic heterocycles. The molecule has 1 aromatic carbocycles. The summed E-state index contributed by atoms with van der Waals surface area (Å²) in [7, 11) is 0. The minimum Gasteiger partial charge on any atom is -0.215 e. The van der Waals surface area contributed by atoms with Crippen LogP contribution in [0.1, 0.15) is 24.3 Å². The summed E-state index contributed by atoms with van der Waals surface area (Å²) in [5, 5.41) is 0.660. The number of hydrogen-bond acceptors (Lipinski definition) is 2. The highest BCUT2D eigenvalue weighted by atomic mass is 79.9. The van der Waals surface area contributed by atoms with E-state index in [0.29, 0.717) is 20.6 Å². The van der Waals surface area contributed by atoms with Crippen molar-refractivity contribution in [2.24, 2.45) is 0 Å². The zero-order chi connectivity index (χ0) is 12.7. The van der Waals surface area contributed by atoms with E-state index in [1.165, 1.54) is 18.4 Å². The van der Waals surface area contributed by atoms with Gasteiger partial charge in [0.2, 0.25) is 0 Å². The fraction of sp³-hybridized carbons (Fsp3) is 0.231. The van der Waals surface area contributed by atoms with Crippen LogP contribution in [0.5, 0.6) is 0 Å². The second-order valence-electron chi connectivity index (χ2n) is 4.34. The van der Waals surface area contributed by atoms with Gasteiger partial charge in [-0.1, -0.05) is 47.5 Å². The fourth-order valence-corrected chi connectivity index (χ4v) is 2.41. The Labute approximate surface area is 123 Å². The molecule has 1 aliphatic carbocycles. The van der Waals surface area contributed by atoms with Gasteiger partial charge >= 0.3 is 0 Å². The molecule has 1 aromatic heterocycles. The molecule has 92 valence electrons. The van der Waals surface area contributed by atoms with Crippen LogP contribution in [0.15, 0.2) is 28.7 Å². The molecule has 0 atom stereocenters. The molecule has 1 fully saturated rings. The van der Waals surface area contributed by atoms with Gasteiger partial charge < -0.3 is 0 Å². The summed E-state index contributed by atoms with van der Waals surface area (Å²) >= 11 is 15.2. The average Bonchev–Trinajstić information content (AvgIpc) is 3.20. The highest BCUT2D eigenvalue weighted by molar-refractivity contribution is 9.10. The van der Waals surface area contributed by atoms with Crippen LogP contribution in [0, 0.1) is 0 Å². The predicted octanol–water partition coefficient (Wildman–Crippen LogP) is 5.09. The first-order valence-electron chi connectivity index (χ1n) is 5.64. The monoisotopic (exact) mass is 342 g/mol. The van der Waals surface area contributed by atoms with Crippen LogP contribution in [-0.4, -0.2) is 9.97 Å². The normalized spacial score (nSPS) is 14.8. The third kappa shape index (κ3) is 2.40. The Morgan fingerprint density at radius 3 is 2.06 bits per heavy atom. The lowest BCUT2D eigenvalue weighted by atomic mass is 10.1. The molecule has 1 heterocycles. The molecule has 0 spiro atoms. The first kappa shape index (κ1) is 12.4. The lowest BCUT2D eigenvalue weighted by Gasteiger charge is -2.05. The van der Waals surface area contributed by atoms with Crippen LogP contribution in [0.4, 0.5) is 0 Å². The summed E-state index contributed by atoms with van der Waals surface area (Å²) in [5.74, 6) is 1.30. The maximum atomic E-state index is 5.98. The maximum Gasteiger partial charge on any atom is 0.162 e. The van der Waals surface area contributed by atoms with Crippen molar-refractivity contribution in [3.8, 4) is 11.4 Å². The minimum absolute atomic E-state index is 0.330. The van der Waals surface area contributed by atoms with Gasteiger partial charge in [-0.15, -0.1) is 0 Å². The Hall–Kier alpha value is -0.640. The molecule has 1 aliphatic rings. The Morgan fingerprint density at radius 1 is 1.00 bits per heavy atom. The second-order valence-corrected chi connectivity index (χ2v) is 5.85. The van der Waals surface area contributed by atoms with Crippen molar-refractivity contribution in [1.29, 1.82) is 0 Å². The lowest BCUT2D eigenvalue weighted by molar-refractivity contribution is 1.12. The molecule has 0 N–H and O–H groups in total. The van der Waals surface area contributed by atoms with Crippen molar-refractivity contribution >= 4 is 39.1 Å². The van der Waals surface area contributed by atoms with Gasteiger partial charge in [-0.05, 0) is 40.3 Å². The topological polar surface area (TPSA) is 25.8 Å². The third-order valence-corrected chi connectivity index (χ3v) is 4.74. The molecular formula is C13H9BrCl2N2. The Kier molecular flexibility index (Phi) is 3.31. The van der Waals surface area contributed by atoms with Gasteiger partial charge in [0, 0.05) is 5.56 Å². The quantitative estimate of drug-likeness (QED) is 0.709.